The average Bonchev–Trinajstić information content (AvgIpc) is 2.29. The molecule has 3 heteroatoms. The number of hydrogen-bond acceptors (Lipinski definition) is 3. The van der Waals surface area contributed by atoms with Gasteiger partial charge >= 0.3 is 0 Å². The second kappa shape index (κ2) is 5.08. The minimum absolute atomic E-state index is 0.636. The van der Waals surface area contributed by atoms with E-state index in [-0.39, 0.29) is 0 Å². The molecule has 0 spiro atoms. The quantitative estimate of drug-likeness (QED) is 0.746. The Morgan fingerprint density at radius 3 is 3.00 bits per heavy atom. The van der Waals surface area contributed by atoms with Crippen molar-refractivity contribution in [3.63, 3.8) is 0 Å². The number of nitrogens with one attached hydrogen (secondary N) is 2. The van der Waals surface area contributed by atoms with E-state index in [1.54, 1.807) is 0 Å². The Kier molecular flexibility index (Phi) is 3.49. The first-order valence-corrected chi connectivity index (χ1v) is 5.28. The van der Waals surface area contributed by atoms with Crippen LogP contribution in [0.2, 0.25) is 0 Å². The number of hydrogen-bond donors (Lipinski definition) is 2. The zero-order chi connectivity index (χ0) is 9.64. The smallest absolute Gasteiger partial charge is 0.0271 e. The lowest BCUT2D eigenvalue weighted by atomic mass is 10.1. The molecule has 1 aliphatic heterocycles. The third-order valence-corrected chi connectivity index (χ3v) is 2.64. The van der Waals surface area contributed by atoms with E-state index in [1.165, 1.54) is 24.9 Å². The van der Waals surface area contributed by atoms with Crippen molar-refractivity contribution in [3.8, 4) is 0 Å². The van der Waals surface area contributed by atoms with Crippen LogP contribution in [-0.2, 0) is 6.54 Å². The summed E-state index contributed by atoms with van der Waals surface area (Å²) in [6, 6.07) is 4.75. The molecule has 0 saturated carbocycles. The number of aromatic nitrogens is 1. The van der Waals surface area contributed by atoms with E-state index in [4.69, 9.17) is 0 Å². The molecule has 14 heavy (non-hydrogen) atoms. The van der Waals surface area contributed by atoms with Crippen LogP contribution in [0.15, 0.2) is 24.5 Å². The fourth-order valence-corrected chi connectivity index (χ4v) is 1.79. The summed E-state index contributed by atoms with van der Waals surface area (Å²) >= 11 is 0. The largest absolute Gasteiger partial charge is 0.315 e. The van der Waals surface area contributed by atoms with Crippen LogP contribution in [0.1, 0.15) is 18.4 Å². The van der Waals surface area contributed by atoms with Gasteiger partial charge in [-0.25, -0.2) is 0 Å². The van der Waals surface area contributed by atoms with Crippen molar-refractivity contribution >= 4 is 0 Å². The summed E-state index contributed by atoms with van der Waals surface area (Å²) in [6.07, 6.45) is 6.26. The van der Waals surface area contributed by atoms with E-state index >= 15 is 0 Å². The summed E-state index contributed by atoms with van der Waals surface area (Å²) in [5, 5.41) is 6.94. The first-order chi connectivity index (χ1) is 6.95. The molecule has 2 heterocycles. The molecule has 1 saturated heterocycles. The van der Waals surface area contributed by atoms with Crippen LogP contribution in [0.25, 0.3) is 0 Å². The molecular formula is C11H17N3. The van der Waals surface area contributed by atoms with Gasteiger partial charge in [-0.05, 0) is 37.1 Å². The van der Waals surface area contributed by atoms with Crippen molar-refractivity contribution in [1.82, 2.24) is 15.6 Å². The van der Waals surface area contributed by atoms with E-state index < -0.39 is 0 Å². The summed E-state index contributed by atoms with van der Waals surface area (Å²) in [6.45, 7) is 3.23. The highest BCUT2D eigenvalue weighted by molar-refractivity contribution is 5.09. The number of pyridine rings is 1. The van der Waals surface area contributed by atoms with E-state index in [0.717, 1.165) is 13.1 Å². The van der Waals surface area contributed by atoms with Crippen LogP contribution in [0.5, 0.6) is 0 Å². The van der Waals surface area contributed by atoms with Crippen LogP contribution in [0.3, 0.4) is 0 Å². The van der Waals surface area contributed by atoms with Gasteiger partial charge < -0.3 is 10.6 Å². The van der Waals surface area contributed by atoms with Crippen molar-refractivity contribution in [3.05, 3.63) is 30.1 Å². The van der Waals surface area contributed by atoms with E-state index in [0.29, 0.717) is 6.04 Å². The molecule has 3 nitrogen and oxygen atoms in total. The second-order valence-corrected chi connectivity index (χ2v) is 3.78. The predicted octanol–water partition coefficient (Wildman–Crippen LogP) is 0.923. The Bertz CT molecular complexity index is 254. The normalized spacial score (nSPS) is 22.1. The zero-order valence-electron chi connectivity index (χ0n) is 8.37. The zero-order valence-corrected chi connectivity index (χ0v) is 8.37. The van der Waals surface area contributed by atoms with Gasteiger partial charge in [0.25, 0.3) is 0 Å². The lowest BCUT2D eigenvalue weighted by molar-refractivity contribution is 0.389. The third kappa shape index (κ3) is 2.79. The van der Waals surface area contributed by atoms with Crippen LogP contribution in [0, 0.1) is 0 Å². The maximum absolute atomic E-state index is 4.00. The summed E-state index contributed by atoms with van der Waals surface area (Å²) < 4.78 is 0. The van der Waals surface area contributed by atoms with Crippen LogP contribution < -0.4 is 10.6 Å². The molecule has 1 aromatic heterocycles. The van der Waals surface area contributed by atoms with Gasteiger partial charge in [0.1, 0.15) is 0 Å². The van der Waals surface area contributed by atoms with Crippen LogP contribution >= 0.6 is 0 Å². The Morgan fingerprint density at radius 1 is 1.43 bits per heavy atom. The maximum atomic E-state index is 4.00. The van der Waals surface area contributed by atoms with Crippen molar-refractivity contribution in [2.45, 2.75) is 25.4 Å². The summed E-state index contributed by atoms with van der Waals surface area (Å²) in [5.74, 6) is 0. The molecule has 0 aliphatic carbocycles. The topological polar surface area (TPSA) is 37.0 Å². The maximum Gasteiger partial charge on any atom is 0.0271 e. The Hall–Kier alpha value is -0.930. The molecule has 1 unspecified atom stereocenters. The Labute approximate surface area is 84.9 Å². The fraction of sp³-hybridized carbons (Fsp3) is 0.545. The first-order valence-electron chi connectivity index (χ1n) is 5.28. The number of nitrogens with zero attached hydrogens (tertiary/aromatic N) is 1. The van der Waals surface area contributed by atoms with Gasteiger partial charge in [0.05, 0.1) is 0 Å². The highest BCUT2D eigenvalue weighted by atomic mass is 15.0. The molecule has 0 radical (unpaired) electrons. The molecular weight excluding hydrogens is 174 g/mol. The molecule has 1 aliphatic rings. The van der Waals surface area contributed by atoms with E-state index in [2.05, 4.69) is 27.8 Å². The molecule has 0 aromatic carbocycles. The fourth-order valence-electron chi connectivity index (χ4n) is 1.79. The first kappa shape index (κ1) is 9.62. The second-order valence-electron chi connectivity index (χ2n) is 3.78. The summed E-state index contributed by atoms with van der Waals surface area (Å²) in [7, 11) is 0. The van der Waals surface area contributed by atoms with Crippen molar-refractivity contribution in [1.29, 1.82) is 0 Å². The highest BCUT2D eigenvalue weighted by Gasteiger charge is 2.11. The molecule has 76 valence electrons. The van der Waals surface area contributed by atoms with Gasteiger partial charge in [-0.15, -0.1) is 0 Å². The molecule has 0 amide bonds. The molecule has 0 bridgehead atoms. The van der Waals surface area contributed by atoms with Gasteiger partial charge in [-0.3, -0.25) is 4.98 Å². The highest BCUT2D eigenvalue weighted by Crippen LogP contribution is 2.03. The van der Waals surface area contributed by atoms with Crippen molar-refractivity contribution < 1.29 is 0 Å². The van der Waals surface area contributed by atoms with Gasteiger partial charge in [-0.1, -0.05) is 0 Å². The van der Waals surface area contributed by atoms with Crippen molar-refractivity contribution in [2.75, 3.05) is 13.1 Å². The lowest BCUT2D eigenvalue weighted by Gasteiger charge is -2.23. The van der Waals surface area contributed by atoms with E-state index in [9.17, 15) is 0 Å². The molecule has 1 atom stereocenters. The number of rotatable bonds is 3. The van der Waals surface area contributed by atoms with E-state index in [1.807, 2.05) is 12.4 Å². The average molecular weight is 191 g/mol. The minimum atomic E-state index is 0.636. The monoisotopic (exact) mass is 191 g/mol. The Balaban J connectivity index is 1.76. The Morgan fingerprint density at radius 2 is 2.29 bits per heavy atom. The van der Waals surface area contributed by atoms with Gasteiger partial charge in [0.2, 0.25) is 0 Å². The summed E-state index contributed by atoms with van der Waals surface area (Å²) in [4.78, 5) is 4.00. The van der Waals surface area contributed by atoms with Crippen molar-refractivity contribution in [2.24, 2.45) is 0 Å². The van der Waals surface area contributed by atoms with Crippen LogP contribution in [0.4, 0.5) is 0 Å². The predicted molar refractivity (Wildman–Crippen MR) is 57.0 cm³/mol. The molecule has 2 rings (SSSR count). The van der Waals surface area contributed by atoms with Gasteiger partial charge in [0.15, 0.2) is 0 Å². The summed E-state index contributed by atoms with van der Waals surface area (Å²) in [5.41, 5.74) is 1.31. The van der Waals surface area contributed by atoms with Crippen LogP contribution in [-0.4, -0.2) is 24.1 Å². The molecule has 1 aromatic rings. The molecule has 2 N–H and O–H groups in total. The standard InChI is InChI=1S/C11H17N3/c1-2-11(9-13-5-1)14-8-10-3-6-12-7-4-10/h3-4,6-7,11,13-14H,1-2,5,8-9H2. The number of piperidine rings is 1. The third-order valence-electron chi connectivity index (χ3n) is 2.64. The lowest BCUT2D eigenvalue weighted by Crippen LogP contribution is -2.42. The SMILES string of the molecule is c1cc(CNC2CCCNC2)ccn1. The minimum Gasteiger partial charge on any atom is -0.315 e. The molecule has 1 fully saturated rings. The van der Waals surface area contributed by atoms with Gasteiger partial charge in [0, 0.05) is 31.5 Å². The van der Waals surface area contributed by atoms with Gasteiger partial charge in [-0.2, -0.15) is 0 Å².